The number of nitro groups is 1. The molecule has 3 aromatic rings. The molecule has 5 rings (SSSR count). The second kappa shape index (κ2) is 7.55. The summed E-state index contributed by atoms with van der Waals surface area (Å²) in [6.45, 7) is 2.65. The highest BCUT2D eigenvalue weighted by molar-refractivity contribution is 7.16. The van der Waals surface area contributed by atoms with Crippen molar-refractivity contribution >= 4 is 27.9 Å². The van der Waals surface area contributed by atoms with Crippen molar-refractivity contribution in [3.05, 3.63) is 91.8 Å². The largest absolute Gasteiger partial charge is 0.353 e. The molecule has 1 unspecified atom stereocenters. The molecule has 0 radical (unpaired) electrons. The lowest BCUT2D eigenvalue weighted by Gasteiger charge is -2.28. The van der Waals surface area contributed by atoms with Crippen LogP contribution in [0, 0.1) is 10.1 Å². The number of hydrogen-bond donors (Lipinski definition) is 2. The van der Waals surface area contributed by atoms with Crippen LogP contribution in [0.5, 0.6) is 0 Å². The molecule has 1 atom stereocenters. The van der Waals surface area contributed by atoms with Gasteiger partial charge in [-0.15, -0.1) is 11.3 Å². The van der Waals surface area contributed by atoms with E-state index in [1.54, 1.807) is 23.5 Å². The number of amides is 1. The Labute approximate surface area is 177 Å². The lowest BCUT2D eigenvalue weighted by Crippen LogP contribution is -2.38. The Balaban J connectivity index is 1.36. The summed E-state index contributed by atoms with van der Waals surface area (Å²) in [6.07, 6.45) is 0.456. The molecule has 152 valence electrons. The summed E-state index contributed by atoms with van der Waals surface area (Å²) in [6, 6.07) is 16.7. The van der Waals surface area contributed by atoms with Gasteiger partial charge in [0.25, 0.3) is 11.6 Å². The fourth-order valence-corrected chi connectivity index (χ4v) is 5.42. The van der Waals surface area contributed by atoms with Crippen LogP contribution in [0.4, 0.5) is 10.7 Å². The van der Waals surface area contributed by atoms with Gasteiger partial charge in [-0.1, -0.05) is 30.3 Å². The van der Waals surface area contributed by atoms with Crippen molar-refractivity contribution in [1.82, 2.24) is 10.2 Å². The average Bonchev–Trinajstić information content (AvgIpc) is 3.12. The van der Waals surface area contributed by atoms with E-state index in [0.717, 1.165) is 47.7 Å². The van der Waals surface area contributed by atoms with E-state index in [1.165, 1.54) is 22.6 Å². The first-order valence-electron chi connectivity index (χ1n) is 9.81. The van der Waals surface area contributed by atoms with Gasteiger partial charge >= 0.3 is 0 Å². The van der Waals surface area contributed by atoms with Gasteiger partial charge in [0.2, 0.25) is 0 Å². The molecule has 8 heteroatoms. The van der Waals surface area contributed by atoms with Crippen LogP contribution in [-0.4, -0.2) is 22.3 Å². The molecule has 30 heavy (non-hydrogen) atoms. The SMILES string of the molecule is O=C1NC(c2ccc([N+](=O)[O-])cc2)Nc2sc3c(c21)CCN(Cc1ccccc1)C3. The molecule has 1 amide bonds. The molecule has 1 aromatic heterocycles. The third-order valence-corrected chi connectivity index (χ3v) is 6.75. The number of fused-ring (bicyclic) bond motifs is 3. The van der Waals surface area contributed by atoms with Crippen molar-refractivity contribution in [3.63, 3.8) is 0 Å². The van der Waals surface area contributed by atoms with Gasteiger partial charge < -0.3 is 10.6 Å². The number of nitrogens with zero attached hydrogens (tertiary/aromatic N) is 2. The maximum absolute atomic E-state index is 12.9. The van der Waals surface area contributed by atoms with Crippen LogP contribution in [0.15, 0.2) is 54.6 Å². The first-order chi connectivity index (χ1) is 14.6. The highest BCUT2D eigenvalue weighted by atomic mass is 32.1. The summed E-state index contributed by atoms with van der Waals surface area (Å²) in [7, 11) is 0. The molecule has 0 fully saturated rings. The van der Waals surface area contributed by atoms with Gasteiger partial charge in [-0.25, -0.2) is 0 Å². The molecule has 2 N–H and O–H groups in total. The Kier molecular flexibility index (Phi) is 4.72. The van der Waals surface area contributed by atoms with Crippen molar-refractivity contribution in [3.8, 4) is 0 Å². The quantitative estimate of drug-likeness (QED) is 0.491. The van der Waals surface area contributed by atoms with E-state index in [9.17, 15) is 14.9 Å². The highest BCUT2D eigenvalue weighted by Gasteiger charge is 2.33. The summed E-state index contributed by atoms with van der Waals surface area (Å²) in [4.78, 5) is 27.0. The maximum atomic E-state index is 12.9. The zero-order chi connectivity index (χ0) is 20.7. The molecule has 0 bridgehead atoms. The topological polar surface area (TPSA) is 87.5 Å². The number of hydrogen-bond acceptors (Lipinski definition) is 6. The number of thiophene rings is 1. The van der Waals surface area contributed by atoms with E-state index < -0.39 is 11.1 Å². The van der Waals surface area contributed by atoms with Crippen LogP contribution in [0.2, 0.25) is 0 Å². The van der Waals surface area contributed by atoms with Gasteiger partial charge in [0, 0.05) is 36.6 Å². The van der Waals surface area contributed by atoms with E-state index in [0.29, 0.717) is 0 Å². The number of non-ortho nitro benzene ring substituents is 1. The average molecular weight is 420 g/mol. The van der Waals surface area contributed by atoms with Crippen LogP contribution >= 0.6 is 11.3 Å². The first-order valence-corrected chi connectivity index (χ1v) is 10.6. The van der Waals surface area contributed by atoms with Crippen molar-refractivity contribution in [2.45, 2.75) is 25.7 Å². The van der Waals surface area contributed by atoms with Gasteiger partial charge in [-0.3, -0.25) is 19.8 Å². The molecule has 2 aromatic carbocycles. The van der Waals surface area contributed by atoms with E-state index in [4.69, 9.17) is 0 Å². The van der Waals surface area contributed by atoms with Crippen LogP contribution < -0.4 is 10.6 Å². The lowest BCUT2D eigenvalue weighted by molar-refractivity contribution is -0.384. The van der Waals surface area contributed by atoms with E-state index in [1.807, 2.05) is 6.07 Å². The molecular formula is C22H20N4O3S. The molecule has 0 aliphatic carbocycles. The van der Waals surface area contributed by atoms with Gasteiger partial charge in [-0.05, 0) is 35.2 Å². The summed E-state index contributed by atoms with van der Waals surface area (Å²) >= 11 is 1.64. The first kappa shape index (κ1) is 18.8. The number of benzene rings is 2. The fraction of sp³-hybridized carbons (Fsp3) is 0.227. The molecule has 0 spiro atoms. The minimum Gasteiger partial charge on any atom is -0.353 e. The zero-order valence-electron chi connectivity index (χ0n) is 16.1. The zero-order valence-corrected chi connectivity index (χ0v) is 16.9. The van der Waals surface area contributed by atoms with Gasteiger partial charge in [0.15, 0.2) is 0 Å². The molecule has 3 heterocycles. The van der Waals surface area contributed by atoms with Crippen LogP contribution in [0.3, 0.4) is 0 Å². The third-order valence-electron chi connectivity index (χ3n) is 5.60. The van der Waals surface area contributed by atoms with Crippen molar-refractivity contribution < 1.29 is 9.72 Å². The van der Waals surface area contributed by atoms with E-state index in [-0.39, 0.29) is 11.6 Å². The van der Waals surface area contributed by atoms with Crippen molar-refractivity contribution in [2.24, 2.45) is 0 Å². The Bertz CT molecular complexity index is 1110. The van der Waals surface area contributed by atoms with Crippen LogP contribution in [0.25, 0.3) is 0 Å². The smallest absolute Gasteiger partial charge is 0.269 e. The van der Waals surface area contributed by atoms with Crippen LogP contribution in [-0.2, 0) is 19.5 Å². The Morgan fingerprint density at radius 2 is 1.87 bits per heavy atom. The van der Waals surface area contributed by atoms with Crippen molar-refractivity contribution in [2.75, 3.05) is 11.9 Å². The molecule has 0 saturated carbocycles. The second-order valence-corrected chi connectivity index (χ2v) is 8.66. The molecular weight excluding hydrogens is 400 g/mol. The maximum Gasteiger partial charge on any atom is 0.269 e. The normalized spacial score (nSPS) is 18.1. The number of anilines is 1. The molecule has 2 aliphatic rings. The second-order valence-electron chi connectivity index (χ2n) is 7.55. The van der Waals surface area contributed by atoms with Gasteiger partial charge in [-0.2, -0.15) is 0 Å². The molecule has 0 saturated heterocycles. The van der Waals surface area contributed by atoms with Crippen molar-refractivity contribution in [1.29, 1.82) is 0 Å². The molecule has 7 nitrogen and oxygen atoms in total. The Hall–Kier alpha value is -3.23. The number of nitro benzene ring substituents is 1. The molecule has 2 aliphatic heterocycles. The monoisotopic (exact) mass is 420 g/mol. The standard InChI is InChI=1S/C22H20N4O3S/c27-21-19-17-10-11-25(12-14-4-2-1-3-5-14)13-18(17)30-22(19)24-20(23-21)15-6-8-16(9-7-15)26(28)29/h1-9,20,24H,10-13H2,(H,23,27). The minimum absolute atomic E-state index is 0.0340. The Morgan fingerprint density at radius 3 is 2.60 bits per heavy atom. The van der Waals surface area contributed by atoms with E-state index in [2.05, 4.69) is 39.8 Å². The number of rotatable bonds is 4. The summed E-state index contributed by atoms with van der Waals surface area (Å²) < 4.78 is 0. The summed E-state index contributed by atoms with van der Waals surface area (Å²) in [5.41, 5.74) is 4.01. The van der Waals surface area contributed by atoms with Gasteiger partial charge in [0.1, 0.15) is 11.2 Å². The number of nitrogens with one attached hydrogen (secondary N) is 2. The minimum atomic E-state index is -0.427. The lowest BCUT2D eigenvalue weighted by atomic mass is 10.00. The van der Waals surface area contributed by atoms with E-state index >= 15 is 0 Å². The van der Waals surface area contributed by atoms with Crippen LogP contribution in [0.1, 0.15) is 38.1 Å². The summed E-state index contributed by atoms with van der Waals surface area (Å²) in [5.74, 6) is -0.0823. The number of carbonyl (C=O) groups excluding carboxylic acids is 1. The predicted octanol–water partition coefficient (Wildman–Crippen LogP) is 4.07. The summed E-state index contributed by atoms with van der Waals surface area (Å²) in [5, 5.41) is 18.2. The fourth-order valence-electron chi connectivity index (χ4n) is 4.10. The third kappa shape index (κ3) is 3.44. The predicted molar refractivity (Wildman–Crippen MR) is 116 cm³/mol. The van der Waals surface area contributed by atoms with Gasteiger partial charge in [0.05, 0.1) is 10.5 Å². The Morgan fingerprint density at radius 1 is 1.10 bits per heavy atom. The number of carbonyl (C=O) groups is 1. The highest BCUT2D eigenvalue weighted by Crippen LogP contribution is 2.41.